The summed E-state index contributed by atoms with van der Waals surface area (Å²) in [7, 11) is 0. The Hall–Kier alpha value is -1.26. The van der Waals surface area contributed by atoms with Crippen LogP contribution in [0.4, 0.5) is 5.69 Å². The van der Waals surface area contributed by atoms with Gasteiger partial charge in [-0.25, -0.2) is 0 Å². The Bertz CT molecular complexity index is 421. The number of rotatable bonds is 4. The van der Waals surface area contributed by atoms with Crippen molar-refractivity contribution in [3.8, 4) is 0 Å². The molecular weight excluding hydrogens is 253 g/mol. The Labute approximate surface area is 102 Å². The van der Waals surface area contributed by atoms with E-state index in [-0.39, 0.29) is 18.7 Å². The second kappa shape index (κ2) is 5.72. The number of aliphatic carboxylic acids is 1. The maximum atomic E-state index is 11.3. The summed E-state index contributed by atoms with van der Waals surface area (Å²) in [5, 5.41) is 11.6. The molecule has 0 heterocycles. The Kier molecular flexibility index (Phi) is 4.58. The van der Waals surface area contributed by atoms with Gasteiger partial charge in [-0.2, -0.15) is 0 Å². The first-order chi connectivity index (χ1) is 7.49. The van der Waals surface area contributed by atoms with Crippen LogP contribution in [0, 0.1) is 0 Å². The molecular formula is C10H9Cl2NO3. The van der Waals surface area contributed by atoms with Gasteiger partial charge < -0.3 is 10.4 Å². The third-order valence-electron chi connectivity index (χ3n) is 1.77. The molecule has 0 aromatic heterocycles. The fourth-order valence-electron chi connectivity index (χ4n) is 1.02. The van der Waals surface area contributed by atoms with Crippen LogP contribution in [-0.4, -0.2) is 17.0 Å². The molecule has 1 rings (SSSR count). The lowest BCUT2D eigenvalue weighted by atomic mass is 10.2. The van der Waals surface area contributed by atoms with E-state index >= 15 is 0 Å². The fraction of sp³-hybridized carbons (Fsp3) is 0.200. The van der Waals surface area contributed by atoms with Crippen molar-refractivity contribution in [2.24, 2.45) is 0 Å². The predicted octanol–water partition coefficient (Wildman–Crippen LogP) is 2.80. The lowest BCUT2D eigenvalue weighted by molar-refractivity contribution is -0.138. The third-order valence-corrected chi connectivity index (χ3v) is 2.51. The van der Waals surface area contributed by atoms with E-state index in [0.717, 1.165) is 0 Å². The minimum absolute atomic E-state index is 0.0738. The van der Waals surface area contributed by atoms with Gasteiger partial charge in [0.1, 0.15) is 0 Å². The quantitative estimate of drug-likeness (QED) is 0.876. The molecule has 0 saturated heterocycles. The number of halogens is 2. The summed E-state index contributed by atoms with van der Waals surface area (Å²) >= 11 is 11.4. The van der Waals surface area contributed by atoms with Crippen molar-refractivity contribution < 1.29 is 14.7 Å². The van der Waals surface area contributed by atoms with E-state index in [0.29, 0.717) is 15.7 Å². The molecule has 16 heavy (non-hydrogen) atoms. The van der Waals surface area contributed by atoms with Crippen molar-refractivity contribution >= 4 is 40.8 Å². The lowest BCUT2D eigenvalue weighted by Crippen LogP contribution is -2.13. The maximum absolute atomic E-state index is 11.3. The van der Waals surface area contributed by atoms with Crippen LogP contribution in [0.2, 0.25) is 10.0 Å². The zero-order valence-electron chi connectivity index (χ0n) is 8.17. The van der Waals surface area contributed by atoms with E-state index in [4.69, 9.17) is 28.3 Å². The molecule has 0 atom stereocenters. The van der Waals surface area contributed by atoms with Gasteiger partial charge in [-0.05, 0) is 18.2 Å². The van der Waals surface area contributed by atoms with E-state index in [1.54, 1.807) is 12.1 Å². The smallest absolute Gasteiger partial charge is 0.303 e. The molecule has 1 amide bonds. The van der Waals surface area contributed by atoms with Crippen LogP contribution in [-0.2, 0) is 9.59 Å². The summed E-state index contributed by atoms with van der Waals surface area (Å²) < 4.78 is 0. The summed E-state index contributed by atoms with van der Waals surface area (Å²) in [6.07, 6.45) is -0.275. The molecule has 0 unspecified atom stereocenters. The van der Waals surface area contributed by atoms with Crippen molar-refractivity contribution in [1.82, 2.24) is 0 Å². The average Bonchev–Trinajstić information content (AvgIpc) is 2.21. The van der Waals surface area contributed by atoms with E-state index < -0.39 is 5.97 Å². The Morgan fingerprint density at radius 1 is 1.19 bits per heavy atom. The molecule has 0 aliphatic rings. The van der Waals surface area contributed by atoms with Crippen LogP contribution >= 0.6 is 23.2 Å². The highest BCUT2D eigenvalue weighted by Crippen LogP contribution is 2.25. The molecule has 0 aliphatic heterocycles. The number of amides is 1. The number of carbonyl (C=O) groups excluding carboxylic acids is 1. The largest absolute Gasteiger partial charge is 0.481 e. The SMILES string of the molecule is O=C(O)CCC(=O)Nc1ccc(Cl)c(Cl)c1. The Balaban J connectivity index is 2.56. The first kappa shape index (κ1) is 12.8. The van der Waals surface area contributed by atoms with Gasteiger partial charge in [0.05, 0.1) is 16.5 Å². The van der Waals surface area contributed by atoms with Crippen LogP contribution in [0.5, 0.6) is 0 Å². The summed E-state index contributed by atoms with van der Waals surface area (Å²) in [5.74, 6) is -1.38. The molecule has 4 nitrogen and oxygen atoms in total. The molecule has 0 fully saturated rings. The number of carbonyl (C=O) groups is 2. The predicted molar refractivity (Wildman–Crippen MR) is 62.0 cm³/mol. The molecule has 0 aliphatic carbocycles. The highest BCUT2D eigenvalue weighted by Gasteiger charge is 2.06. The summed E-state index contributed by atoms with van der Waals surface area (Å²) in [4.78, 5) is 21.5. The van der Waals surface area contributed by atoms with Crippen molar-refractivity contribution in [1.29, 1.82) is 0 Å². The van der Waals surface area contributed by atoms with Gasteiger partial charge in [-0.3, -0.25) is 9.59 Å². The van der Waals surface area contributed by atoms with Crippen molar-refractivity contribution in [2.45, 2.75) is 12.8 Å². The minimum atomic E-state index is -1.01. The highest BCUT2D eigenvalue weighted by molar-refractivity contribution is 6.42. The van der Waals surface area contributed by atoms with E-state index in [1.165, 1.54) is 6.07 Å². The van der Waals surface area contributed by atoms with Gasteiger partial charge >= 0.3 is 5.97 Å². The van der Waals surface area contributed by atoms with Crippen LogP contribution in [0.15, 0.2) is 18.2 Å². The molecule has 2 N–H and O–H groups in total. The first-order valence-electron chi connectivity index (χ1n) is 4.45. The number of hydrogen-bond donors (Lipinski definition) is 2. The standard InChI is InChI=1S/C10H9Cl2NO3/c11-7-2-1-6(5-8(7)12)13-9(14)3-4-10(15)16/h1-2,5H,3-4H2,(H,13,14)(H,15,16). The van der Waals surface area contributed by atoms with E-state index in [1.807, 2.05) is 0 Å². The number of carboxylic acid groups (broad SMARTS) is 1. The molecule has 86 valence electrons. The number of anilines is 1. The zero-order valence-corrected chi connectivity index (χ0v) is 9.68. The highest BCUT2D eigenvalue weighted by atomic mass is 35.5. The second-order valence-corrected chi connectivity index (χ2v) is 3.89. The van der Waals surface area contributed by atoms with Gasteiger partial charge in [0.25, 0.3) is 0 Å². The van der Waals surface area contributed by atoms with Crippen LogP contribution in [0.25, 0.3) is 0 Å². The van der Waals surface area contributed by atoms with Gasteiger partial charge in [0.2, 0.25) is 5.91 Å². The number of carboxylic acids is 1. The number of nitrogens with one attached hydrogen (secondary N) is 1. The van der Waals surface area contributed by atoms with Crippen LogP contribution in [0.1, 0.15) is 12.8 Å². The molecule has 6 heteroatoms. The van der Waals surface area contributed by atoms with Gasteiger partial charge in [-0.1, -0.05) is 23.2 Å². The second-order valence-electron chi connectivity index (χ2n) is 3.07. The average molecular weight is 262 g/mol. The van der Waals surface area contributed by atoms with Crippen molar-refractivity contribution in [3.05, 3.63) is 28.2 Å². The molecule has 1 aromatic rings. The normalized spacial score (nSPS) is 9.88. The summed E-state index contributed by atoms with van der Waals surface area (Å²) in [6.45, 7) is 0. The fourth-order valence-corrected chi connectivity index (χ4v) is 1.32. The summed E-state index contributed by atoms with van der Waals surface area (Å²) in [5.41, 5.74) is 0.491. The summed E-state index contributed by atoms with van der Waals surface area (Å²) in [6, 6.07) is 4.64. The van der Waals surface area contributed by atoms with E-state index in [2.05, 4.69) is 5.32 Å². The first-order valence-corrected chi connectivity index (χ1v) is 5.21. The monoisotopic (exact) mass is 261 g/mol. The van der Waals surface area contributed by atoms with Gasteiger partial charge in [0, 0.05) is 12.1 Å². The minimum Gasteiger partial charge on any atom is -0.481 e. The lowest BCUT2D eigenvalue weighted by Gasteiger charge is -2.05. The molecule has 0 spiro atoms. The third kappa shape index (κ3) is 4.08. The molecule has 1 aromatic carbocycles. The van der Waals surface area contributed by atoms with Crippen molar-refractivity contribution in [2.75, 3.05) is 5.32 Å². The maximum Gasteiger partial charge on any atom is 0.303 e. The van der Waals surface area contributed by atoms with Gasteiger partial charge in [-0.15, -0.1) is 0 Å². The zero-order chi connectivity index (χ0) is 12.1. The van der Waals surface area contributed by atoms with Gasteiger partial charge in [0.15, 0.2) is 0 Å². The topological polar surface area (TPSA) is 66.4 Å². The van der Waals surface area contributed by atoms with E-state index in [9.17, 15) is 9.59 Å². The Morgan fingerprint density at radius 3 is 2.44 bits per heavy atom. The van der Waals surface area contributed by atoms with Crippen LogP contribution < -0.4 is 5.32 Å². The Morgan fingerprint density at radius 2 is 1.88 bits per heavy atom. The number of hydrogen-bond acceptors (Lipinski definition) is 2. The molecule has 0 saturated carbocycles. The molecule has 0 radical (unpaired) electrons. The van der Waals surface area contributed by atoms with Crippen molar-refractivity contribution in [3.63, 3.8) is 0 Å². The van der Waals surface area contributed by atoms with Crippen LogP contribution in [0.3, 0.4) is 0 Å². The molecule has 0 bridgehead atoms. The number of benzene rings is 1.